The molecule has 0 atom stereocenters. The van der Waals surface area contributed by atoms with Gasteiger partial charge in [-0.2, -0.15) is 4.31 Å². The zero-order valence-corrected chi connectivity index (χ0v) is 16.0. The van der Waals surface area contributed by atoms with Gasteiger partial charge >= 0.3 is 0 Å². The molecule has 0 saturated carbocycles. The number of sulfonamides is 1. The molecular weight excluding hydrogens is 411 g/mol. The molecule has 0 heterocycles. The summed E-state index contributed by atoms with van der Waals surface area (Å²) < 4.78 is 40.0. The predicted molar refractivity (Wildman–Crippen MR) is 96.8 cm³/mol. The Hall–Kier alpha value is -1.77. The molecule has 2 aromatic rings. The van der Waals surface area contributed by atoms with Crippen LogP contribution in [0.15, 0.2) is 57.9 Å². The second-order valence-corrected chi connectivity index (χ2v) is 8.14. The molecule has 0 aromatic heterocycles. The van der Waals surface area contributed by atoms with Crippen molar-refractivity contribution in [2.45, 2.75) is 18.4 Å². The Morgan fingerprint density at radius 3 is 2.28 bits per heavy atom. The van der Waals surface area contributed by atoms with Gasteiger partial charge in [0.15, 0.2) is 0 Å². The third kappa shape index (κ3) is 5.35. The molecular formula is C17H18BrFN2O3S. The fourth-order valence-corrected chi connectivity index (χ4v) is 3.81. The minimum Gasteiger partial charge on any atom is -0.351 e. The second kappa shape index (κ2) is 8.55. The molecule has 2 rings (SSSR count). The molecule has 0 bridgehead atoms. The van der Waals surface area contributed by atoms with Gasteiger partial charge in [-0.05, 0) is 42.0 Å². The van der Waals surface area contributed by atoms with Crippen LogP contribution in [0.5, 0.6) is 0 Å². The maximum absolute atomic E-state index is 12.9. The van der Waals surface area contributed by atoms with Crippen LogP contribution < -0.4 is 5.32 Å². The third-order valence-corrected chi connectivity index (χ3v) is 5.99. The SMILES string of the molecule is CCN(CC(=O)NCc1ccc(F)cc1)S(=O)(=O)c1ccc(Br)cc1. The fraction of sp³-hybridized carbons (Fsp3) is 0.235. The number of amides is 1. The van der Waals surface area contributed by atoms with Crippen molar-refractivity contribution in [3.05, 3.63) is 64.4 Å². The van der Waals surface area contributed by atoms with Gasteiger partial charge in [0, 0.05) is 17.6 Å². The fourth-order valence-electron chi connectivity index (χ4n) is 2.14. The highest BCUT2D eigenvalue weighted by Crippen LogP contribution is 2.18. The van der Waals surface area contributed by atoms with Crippen molar-refractivity contribution in [2.75, 3.05) is 13.1 Å². The smallest absolute Gasteiger partial charge is 0.243 e. The van der Waals surface area contributed by atoms with E-state index in [0.717, 1.165) is 14.3 Å². The summed E-state index contributed by atoms with van der Waals surface area (Å²) in [5.74, 6) is -0.778. The molecule has 0 fully saturated rings. The molecule has 2 aromatic carbocycles. The molecule has 0 unspecified atom stereocenters. The summed E-state index contributed by atoms with van der Waals surface area (Å²) in [6.45, 7) is 1.76. The first-order valence-corrected chi connectivity index (χ1v) is 9.83. The lowest BCUT2D eigenvalue weighted by molar-refractivity contribution is -0.121. The first kappa shape index (κ1) is 19.6. The molecule has 0 spiro atoms. The number of likely N-dealkylation sites (N-methyl/N-ethyl adjacent to an activating group) is 1. The van der Waals surface area contributed by atoms with Gasteiger partial charge in [-0.3, -0.25) is 4.79 Å². The van der Waals surface area contributed by atoms with Crippen molar-refractivity contribution in [3.8, 4) is 0 Å². The zero-order chi connectivity index (χ0) is 18.4. The Bertz CT molecular complexity index is 824. The summed E-state index contributed by atoms with van der Waals surface area (Å²) in [5.41, 5.74) is 0.730. The van der Waals surface area contributed by atoms with Crippen LogP contribution in [0.3, 0.4) is 0 Å². The lowest BCUT2D eigenvalue weighted by atomic mass is 10.2. The topological polar surface area (TPSA) is 66.5 Å². The molecule has 0 saturated heterocycles. The molecule has 0 radical (unpaired) electrons. The standard InChI is InChI=1S/C17H18BrFN2O3S/c1-2-21(25(23,24)16-9-5-14(18)6-10-16)12-17(22)20-11-13-3-7-15(19)8-4-13/h3-10H,2,11-12H2,1H3,(H,20,22). The molecule has 0 aliphatic rings. The average Bonchev–Trinajstić information content (AvgIpc) is 2.59. The summed E-state index contributed by atoms with van der Waals surface area (Å²) in [4.78, 5) is 12.2. The van der Waals surface area contributed by atoms with Crippen molar-refractivity contribution >= 4 is 31.9 Å². The molecule has 1 N–H and O–H groups in total. The van der Waals surface area contributed by atoms with E-state index >= 15 is 0 Å². The van der Waals surface area contributed by atoms with E-state index in [4.69, 9.17) is 0 Å². The minimum absolute atomic E-state index is 0.129. The molecule has 0 aliphatic heterocycles. The summed E-state index contributed by atoms with van der Waals surface area (Å²) in [6.07, 6.45) is 0. The van der Waals surface area contributed by atoms with Gasteiger partial charge in [0.1, 0.15) is 5.82 Å². The average molecular weight is 429 g/mol. The first-order chi connectivity index (χ1) is 11.8. The second-order valence-electron chi connectivity index (χ2n) is 5.29. The van der Waals surface area contributed by atoms with Crippen LogP contribution in [0.2, 0.25) is 0 Å². The Morgan fingerprint density at radius 1 is 1.12 bits per heavy atom. The predicted octanol–water partition coefficient (Wildman–Crippen LogP) is 2.92. The van der Waals surface area contributed by atoms with Gasteiger partial charge in [-0.25, -0.2) is 12.8 Å². The van der Waals surface area contributed by atoms with Gasteiger partial charge in [0.25, 0.3) is 0 Å². The van der Waals surface area contributed by atoms with Gasteiger partial charge in [0.05, 0.1) is 11.4 Å². The minimum atomic E-state index is -3.75. The van der Waals surface area contributed by atoms with E-state index in [2.05, 4.69) is 21.2 Å². The number of rotatable bonds is 7. The highest BCUT2D eigenvalue weighted by Gasteiger charge is 2.25. The lowest BCUT2D eigenvalue weighted by Crippen LogP contribution is -2.40. The van der Waals surface area contributed by atoms with E-state index in [1.807, 2.05) is 0 Å². The zero-order valence-electron chi connectivity index (χ0n) is 13.6. The van der Waals surface area contributed by atoms with Crippen molar-refractivity contribution in [2.24, 2.45) is 0 Å². The van der Waals surface area contributed by atoms with E-state index in [9.17, 15) is 17.6 Å². The molecule has 1 amide bonds. The van der Waals surface area contributed by atoms with Crippen LogP contribution in [0.1, 0.15) is 12.5 Å². The number of carbonyl (C=O) groups is 1. The van der Waals surface area contributed by atoms with Gasteiger partial charge in [0.2, 0.25) is 15.9 Å². The van der Waals surface area contributed by atoms with Crippen LogP contribution >= 0.6 is 15.9 Å². The molecule has 8 heteroatoms. The normalized spacial score (nSPS) is 11.5. The monoisotopic (exact) mass is 428 g/mol. The van der Waals surface area contributed by atoms with E-state index in [-0.39, 0.29) is 30.3 Å². The van der Waals surface area contributed by atoms with Gasteiger partial charge < -0.3 is 5.32 Å². The summed E-state index contributed by atoms with van der Waals surface area (Å²) >= 11 is 3.26. The molecule has 134 valence electrons. The quantitative estimate of drug-likeness (QED) is 0.736. The Labute approximate surface area is 155 Å². The highest BCUT2D eigenvalue weighted by molar-refractivity contribution is 9.10. The molecule has 5 nitrogen and oxygen atoms in total. The van der Waals surface area contributed by atoms with Crippen molar-refractivity contribution in [1.29, 1.82) is 0 Å². The number of benzene rings is 2. The van der Waals surface area contributed by atoms with Gasteiger partial charge in [-0.1, -0.05) is 35.0 Å². The van der Waals surface area contributed by atoms with Crippen molar-refractivity contribution in [1.82, 2.24) is 9.62 Å². The number of nitrogens with one attached hydrogen (secondary N) is 1. The Morgan fingerprint density at radius 2 is 1.72 bits per heavy atom. The van der Waals surface area contributed by atoms with Crippen LogP contribution in [-0.2, 0) is 21.4 Å². The first-order valence-electron chi connectivity index (χ1n) is 7.60. The Kier molecular flexibility index (Phi) is 6.69. The van der Waals surface area contributed by atoms with Crippen molar-refractivity contribution in [3.63, 3.8) is 0 Å². The van der Waals surface area contributed by atoms with E-state index in [1.165, 1.54) is 24.3 Å². The van der Waals surface area contributed by atoms with E-state index < -0.39 is 15.9 Å². The Balaban J connectivity index is 2.01. The van der Waals surface area contributed by atoms with Crippen LogP contribution in [0, 0.1) is 5.82 Å². The molecule has 0 aliphatic carbocycles. The maximum Gasteiger partial charge on any atom is 0.243 e. The number of nitrogens with zero attached hydrogens (tertiary/aromatic N) is 1. The number of hydrogen-bond acceptors (Lipinski definition) is 3. The summed E-state index contributed by atoms with van der Waals surface area (Å²) in [6, 6.07) is 12.0. The number of hydrogen-bond donors (Lipinski definition) is 1. The number of halogens is 2. The summed E-state index contributed by atoms with van der Waals surface area (Å²) in [7, 11) is -3.75. The lowest BCUT2D eigenvalue weighted by Gasteiger charge is -2.20. The largest absolute Gasteiger partial charge is 0.351 e. The van der Waals surface area contributed by atoms with Crippen LogP contribution in [-0.4, -0.2) is 31.7 Å². The van der Waals surface area contributed by atoms with Crippen LogP contribution in [0.4, 0.5) is 4.39 Å². The van der Waals surface area contributed by atoms with Crippen LogP contribution in [0.25, 0.3) is 0 Å². The van der Waals surface area contributed by atoms with Crippen molar-refractivity contribution < 1.29 is 17.6 Å². The molecule has 25 heavy (non-hydrogen) atoms. The third-order valence-electron chi connectivity index (χ3n) is 3.53. The van der Waals surface area contributed by atoms with Gasteiger partial charge in [-0.15, -0.1) is 0 Å². The highest BCUT2D eigenvalue weighted by atomic mass is 79.9. The van der Waals surface area contributed by atoms with E-state index in [1.54, 1.807) is 31.2 Å². The van der Waals surface area contributed by atoms with E-state index in [0.29, 0.717) is 0 Å². The summed E-state index contributed by atoms with van der Waals surface area (Å²) in [5, 5.41) is 2.64. The number of carbonyl (C=O) groups excluding carboxylic acids is 1. The maximum atomic E-state index is 12.9.